The third kappa shape index (κ3) is 120. The van der Waals surface area contributed by atoms with Crippen molar-refractivity contribution in [3.63, 3.8) is 0 Å². The van der Waals surface area contributed by atoms with Gasteiger partial charge in [-0.2, -0.15) is 7.82 Å². The average molecular weight is 230 g/mol. The Bertz CT molecular complexity index is 62.2. The molecule has 0 atom stereocenters. The summed E-state index contributed by atoms with van der Waals surface area (Å²) < 4.78 is 8.55. The Labute approximate surface area is 72.8 Å². The topological polar surface area (TPSA) is 86.2 Å². The molecular formula is AlCrFeO4P. The second kappa shape index (κ2) is 8.69. The molecule has 8 heteroatoms. The van der Waals surface area contributed by atoms with Gasteiger partial charge in [-0.25, -0.2) is 0 Å². The molecule has 0 radical (unpaired) electrons. The van der Waals surface area contributed by atoms with E-state index >= 15 is 0 Å². The van der Waals surface area contributed by atoms with E-state index in [9.17, 15) is 0 Å². The predicted octanol–water partition coefficient (Wildman–Crippen LogP) is -3.21. The summed E-state index contributed by atoms with van der Waals surface area (Å²) in [5.41, 5.74) is 0. The molecule has 0 aliphatic rings. The molecule has 0 aromatic heterocycles. The summed E-state index contributed by atoms with van der Waals surface area (Å²) in [6.07, 6.45) is 0. The molecule has 0 saturated carbocycles. The maximum atomic E-state index is 8.55. The second-order valence-electron chi connectivity index (χ2n) is 0.447. The van der Waals surface area contributed by atoms with E-state index in [4.69, 9.17) is 19.2 Å². The third-order valence-electron chi connectivity index (χ3n) is 0. The van der Waals surface area contributed by atoms with Gasteiger partial charge in [-0.05, 0) is 0 Å². The fourth-order valence-corrected chi connectivity index (χ4v) is 0. The van der Waals surface area contributed by atoms with Crippen LogP contribution in [0.15, 0.2) is 0 Å². The second-order valence-corrected chi connectivity index (χ2v) is 1.34. The average Bonchev–Trinajstić information content (AvgIpc) is 1.36. The van der Waals surface area contributed by atoms with Crippen LogP contribution in [0.5, 0.6) is 0 Å². The number of hydrogen-bond acceptors (Lipinski definition) is 4. The first-order valence-electron chi connectivity index (χ1n) is 0.875. The van der Waals surface area contributed by atoms with Crippen LogP contribution < -0.4 is 14.7 Å². The van der Waals surface area contributed by atoms with Crippen molar-refractivity contribution in [2.24, 2.45) is 0 Å². The van der Waals surface area contributed by atoms with Gasteiger partial charge >= 0.3 is 45.9 Å². The van der Waals surface area contributed by atoms with Crippen LogP contribution in [0.2, 0.25) is 0 Å². The minimum atomic E-state index is -5.39. The first-order valence-corrected chi connectivity index (χ1v) is 4.64. The van der Waals surface area contributed by atoms with Crippen LogP contribution in [0.3, 0.4) is 0 Å². The molecule has 0 aromatic rings. The zero-order valence-electron chi connectivity index (χ0n) is 3.42. The van der Waals surface area contributed by atoms with Crippen molar-refractivity contribution >= 4 is 25.2 Å². The summed E-state index contributed by atoms with van der Waals surface area (Å²) in [6, 6.07) is 0. The van der Waals surface area contributed by atoms with Crippen molar-refractivity contribution < 1.29 is 47.8 Å². The Hall–Kier alpha value is 1.69. The Morgan fingerprint density at radius 1 is 1.25 bits per heavy atom. The van der Waals surface area contributed by atoms with Gasteiger partial charge in [0, 0.05) is 0 Å². The van der Waals surface area contributed by atoms with E-state index in [1.54, 1.807) is 0 Å². The zero-order valence-corrected chi connectivity index (χ0v) is 7.85. The number of phosphoric acid groups is 1. The minimum absolute atomic E-state index is 0. The van der Waals surface area contributed by atoms with Crippen LogP contribution in [-0.4, -0.2) is 17.4 Å². The van der Waals surface area contributed by atoms with E-state index in [-0.39, 0.29) is 17.4 Å². The number of hydrogen-bond donors (Lipinski definition) is 0. The summed E-state index contributed by atoms with van der Waals surface area (Å²) in [5.74, 6) is 0. The molecular weight excluding hydrogens is 230 g/mol. The van der Waals surface area contributed by atoms with E-state index in [2.05, 4.69) is 28.6 Å². The molecule has 4 nitrogen and oxygen atoms in total. The zero-order chi connectivity index (χ0) is 6.50. The van der Waals surface area contributed by atoms with E-state index in [1.807, 2.05) is 0 Å². The van der Waals surface area contributed by atoms with Gasteiger partial charge in [0.2, 0.25) is 0 Å². The van der Waals surface area contributed by atoms with Crippen molar-refractivity contribution in [2.75, 3.05) is 0 Å². The molecule has 0 aromatic carbocycles. The molecule has 0 bridgehead atoms. The van der Waals surface area contributed by atoms with Gasteiger partial charge in [0.05, 0.1) is 0 Å². The molecule has 8 heavy (non-hydrogen) atoms. The maximum absolute atomic E-state index is 8.55. The molecule has 0 amide bonds. The first-order chi connectivity index (χ1) is 3.00. The first kappa shape index (κ1) is 16.4. The summed E-state index contributed by atoms with van der Waals surface area (Å²) in [4.78, 5) is 25.6. The molecule has 0 rings (SSSR count). The summed E-state index contributed by atoms with van der Waals surface area (Å²) in [6.45, 7) is 0. The molecule has 0 unspecified atom stereocenters. The van der Waals surface area contributed by atoms with Gasteiger partial charge in [-0.3, -0.25) is 0 Å². The van der Waals surface area contributed by atoms with Gasteiger partial charge in [0.25, 0.3) is 0 Å². The van der Waals surface area contributed by atoms with Crippen molar-refractivity contribution in [2.45, 2.75) is 0 Å². The molecule has 0 aliphatic carbocycles. The van der Waals surface area contributed by atoms with Crippen LogP contribution in [0.4, 0.5) is 0 Å². The molecule has 0 spiro atoms. The molecule has 0 saturated heterocycles. The van der Waals surface area contributed by atoms with Crippen LogP contribution in [0.25, 0.3) is 0 Å². The van der Waals surface area contributed by atoms with E-state index in [0.29, 0.717) is 0 Å². The Morgan fingerprint density at radius 3 is 1.25 bits per heavy atom. The van der Waals surface area contributed by atoms with Gasteiger partial charge in [-0.1, -0.05) is 0 Å². The quantitative estimate of drug-likeness (QED) is 0.323. The van der Waals surface area contributed by atoms with Crippen molar-refractivity contribution in [3.05, 3.63) is 0 Å². The number of rotatable bonds is 0. The van der Waals surface area contributed by atoms with E-state index < -0.39 is 7.82 Å². The Balaban J connectivity index is -0.0000000750. The SMILES string of the molecule is O=P([O-])([O-])[O-].[Al+3].[Cr][Fe]. The van der Waals surface area contributed by atoms with Gasteiger partial charge in [0.1, 0.15) is 0 Å². The van der Waals surface area contributed by atoms with Crippen molar-refractivity contribution in [1.29, 1.82) is 0 Å². The normalized spacial score (nSPS) is 8.00. The monoisotopic (exact) mass is 230 g/mol. The van der Waals surface area contributed by atoms with Crippen molar-refractivity contribution in [1.82, 2.24) is 0 Å². The predicted molar refractivity (Wildman–Crippen MR) is 13.4 cm³/mol. The van der Waals surface area contributed by atoms with Crippen LogP contribution in [-0.2, 0) is 33.1 Å². The van der Waals surface area contributed by atoms with Gasteiger partial charge in [0.15, 0.2) is 0 Å². The summed E-state index contributed by atoms with van der Waals surface area (Å²) in [7, 11) is -5.39. The molecule has 46 valence electrons. The van der Waals surface area contributed by atoms with E-state index in [0.717, 1.165) is 0 Å². The van der Waals surface area contributed by atoms with Gasteiger partial charge < -0.3 is 19.2 Å². The Kier molecular flexibility index (Phi) is 17.8. The summed E-state index contributed by atoms with van der Waals surface area (Å²) in [5, 5.41) is 0. The van der Waals surface area contributed by atoms with E-state index in [1.165, 1.54) is 0 Å². The fraction of sp³-hybridized carbons (Fsp3) is 0. The fourth-order valence-electron chi connectivity index (χ4n) is 0. The van der Waals surface area contributed by atoms with Gasteiger partial charge in [-0.15, -0.1) is 0 Å². The molecule has 0 N–H and O–H groups in total. The standard InChI is InChI=1S/Al.Cr.Fe.H3O4P/c;;;1-5(2,3)4/h;;;(H3,1,2,3,4)/q+3;;;/p-3. The molecule has 0 heterocycles. The van der Waals surface area contributed by atoms with Crippen LogP contribution >= 0.6 is 7.82 Å². The van der Waals surface area contributed by atoms with Crippen LogP contribution in [0, 0.1) is 0 Å². The van der Waals surface area contributed by atoms with Crippen molar-refractivity contribution in [3.8, 4) is 0 Å². The molecule has 0 fully saturated rings. The summed E-state index contributed by atoms with van der Waals surface area (Å²) >= 11 is 5.50. The van der Waals surface area contributed by atoms with Crippen LogP contribution in [0.1, 0.15) is 0 Å². The third-order valence-corrected chi connectivity index (χ3v) is 0. The molecule has 0 aliphatic heterocycles. The Morgan fingerprint density at radius 2 is 1.25 bits per heavy atom.